The van der Waals surface area contributed by atoms with E-state index >= 15 is 4.79 Å². The van der Waals surface area contributed by atoms with Crippen molar-refractivity contribution in [2.45, 2.75) is 67.1 Å². The number of amides is 2. The minimum atomic E-state index is -3.08. The van der Waals surface area contributed by atoms with Gasteiger partial charge in [0.2, 0.25) is 0 Å². The van der Waals surface area contributed by atoms with E-state index in [0.29, 0.717) is 35.2 Å². The number of carbonyl (C=O) groups excluding carboxylic acids is 7. The van der Waals surface area contributed by atoms with E-state index in [4.69, 9.17) is 37.1 Å². The number of ether oxygens (including phenoxy) is 3. The van der Waals surface area contributed by atoms with Crippen LogP contribution in [0.15, 0.2) is 88.1 Å². The smallest absolute Gasteiger partial charge is 0.330 e. The molecule has 24 heteroatoms. The summed E-state index contributed by atoms with van der Waals surface area (Å²) in [5.41, 5.74) is 16.9. The number of fused-ring (bicyclic) bond motifs is 6. The van der Waals surface area contributed by atoms with Crippen LogP contribution in [0.4, 0.5) is 0 Å². The number of aromatic hydroxyl groups is 2. The lowest BCUT2D eigenvalue weighted by Gasteiger charge is -2.57. The maximum atomic E-state index is 15.5. The Morgan fingerprint density at radius 1 is 0.762 bits per heavy atom. The lowest BCUT2D eigenvalue weighted by atomic mass is 9.55. The number of methoxy groups -OCH3 is 1. The zero-order chi connectivity index (χ0) is 61.7. The van der Waals surface area contributed by atoms with Crippen molar-refractivity contribution in [2.75, 3.05) is 76.6 Å². The number of rotatable bonds is 16. The van der Waals surface area contributed by atoms with Crippen molar-refractivity contribution in [3.05, 3.63) is 121 Å². The summed E-state index contributed by atoms with van der Waals surface area (Å²) in [6.07, 6.45) is 1.17. The first-order valence-corrected chi connectivity index (χ1v) is 27.1. The molecule has 14 N–H and O–H groups in total. The third-order valence-electron chi connectivity index (χ3n) is 17.4. The largest absolute Gasteiger partial charge is 0.509 e. The van der Waals surface area contributed by atoms with Gasteiger partial charge in [-0.1, -0.05) is 18.2 Å². The maximum absolute atomic E-state index is 15.5. The third-order valence-corrected chi connectivity index (χ3v) is 17.4. The fourth-order valence-electron chi connectivity index (χ4n) is 13.8. The standard InChI is InChI=1S/C60H70N8O16/c1-65(2)19-10-20-83-38(71)18-13-26-11-15-35(69)41-31(26)23-29-25-58(63)50(67(5)6)49(75)44(56(62)80)53(78)60(58,81)54(40(29)47(41)73)84-57(68(7)8)27-12-17-37(82-9)32(21-27)30-14-16-36(70)42-33(30)22-28-24-34-45(66(3)4)48(74)43(55(61)79)52(77)59(34,64)51(76)39(28)46(42)72/h11-18,21,28-29,34,45,50,57,69-70,72,77-78,81H,10,19-20,22-25,63-64H2,1-9H3,(H2,61,79)(H2,62,80)/b18-13+/t28?,29-,34?,45?,50+,57?,58+,59-,60+/m0/s1. The number of phenols is 2. The third kappa shape index (κ3) is 9.14. The number of phenolic OH excluding ortho intramolecular Hbond substituents is 2. The Morgan fingerprint density at radius 2 is 1.39 bits per heavy atom. The molecule has 9 rings (SSSR count). The zero-order valence-electron chi connectivity index (χ0n) is 48.0. The van der Waals surface area contributed by atoms with Crippen LogP contribution in [0.2, 0.25) is 0 Å². The summed E-state index contributed by atoms with van der Waals surface area (Å²) in [5.74, 6) is -14.5. The van der Waals surface area contributed by atoms with E-state index in [1.54, 1.807) is 57.4 Å². The van der Waals surface area contributed by atoms with Gasteiger partial charge in [0.1, 0.15) is 51.2 Å². The molecular weight excluding hydrogens is 1090 g/mol. The van der Waals surface area contributed by atoms with Crippen LogP contribution in [0, 0.1) is 17.8 Å². The first-order valence-electron chi connectivity index (χ1n) is 27.1. The summed E-state index contributed by atoms with van der Waals surface area (Å²) in [6.45, 7) is 0.819. The first kappa shape index (κ1) is 60.4. The average molecular weight is 1160 g/mol. The number of nitrogens with zero attached hydrogens (tertiary/aromatic N) is 4. The van der Waals surface area contributed by atoms with Crippen LogP contribution in [0.5, 0.6) is 17.2 Å². The Balaban J connectivity index is 1.20. The summed E-state index contributed by atoms with van der Waals surface area (Å²) in [5, 5.41) is 72.7. The summed E-state index contributed by atoms with van der Waals surface area (Å²) < 4.78 is 18.3. The highest BCUT2D eigenvalue weighted by Crippen LogP contribution is 2.58. The van der Waals surface area contributed by atoms with Crippen molar-refractivity contribution >= 4 is 52.8 Å². The van der Waals surface area contributed by atoms with E-state index in [2.05, 4.69) is 0 Å². The number of aliphatic hydroxyl groups is 4. The molecule has 0 aliphatic heterocycles. The molecule has 6 aliphatic carbocycles. The van der Waals surface area contributed by atoms with Gasteiger partial charge in [-0.3, -0.25) is 43.5 Å². The molecule has 2 amide bonds. The molecular formula is C60H70N8O16. The van der Waals surface area contributed by atoms with Gasteiger partial charge in [0, 0.05) is 40.8 Å². The number of Topliss-reactive ketones (excluding diaryl/α,β-unsaturated/α-hetero) is 4. The number of nitrogens with two attached hydrogens (primary N) is 4. The topological polar surface area (TPSA) is 386 Å². The minimum Gasteiger partial charge on any atom is -0.509 e. The van der Waals surface area contributed by atoms with E-state index < -0.39 is 146 Å². The molecule has 3 aromatic rings. The van der Waals surface area contributed by atoms with Crippen molar-refractivity contribution in [1.29, 1.82) is 0 Å². The molecule has 6 aliphatic rings. The molecule has 3 aromatic carbocycles. The molecule has 84 heavy (non-hydrogen) atoms. The van der Waals surface area contributed by atoms with Gasteiger partial charge in [0.05, 0.1) is 42.5 Å². The minimum absolute atomic E-state index is 0.0584. The number of primary amides is 2. The number of esters is 1. The zero-order valence-corrected chi connectivity index (χ0v) is 48.0. The van der Waals surface area contributed by atoms with E-state index in [1.807, 2.05) is 19.0 Å². The number of carbonyl (C=O) groups is 7. The number of hydrogen-bond donors (Lipinski definition) is 10. The predicted octanol–water partition coefficient (Wildman–Crippen LogP) is 1.35. The van der Waals surface area contributed by atoms with Gasteiger partial charge in [-0.15, -0.1) is 0 Å². The van der Waals surface area contributed by atoms with Crippen molar-refractivity contribution in [2.24, 2.45) is 40.7 Å². The monoisotopic (exact) mass is 1160 g/mol. The maximum Gasteiger partial charge on any atom is 0.330 e. The number of benzene rings is 3. The van der Waals surface area contributed by atoms with Gasteiger partial charge < -0.3 is 72.7 Å². The second kappa shape index (κ2) is 21.8. The van der Waals surface area contributed by atoms with Crippen LogP contribution in [0.1, 0.15) is 63.7 Å². The van der Waals surface area contributed by atoms with E-state index in [0.717, 1.165) is 0 Å². The van der Waals surface area contributed by atoms with Crippen LogP contribution < -0.4 is 27.7 Å². The molecule has 0 bridgehead atoms. The number of likely N-dealkylation sites (N-methyl/N-ethyl adjacent to an activating group) is 2. The molecule has 0 aromatic heterocycles. The highest BCUT2D eigenvalue weighted by Gasteiger charge is 2.71. The molecule has 0 spiro atoms. The van der Waals surface area contributed by atoms with Crippen molar-refractivity contribution in [3.63, 3.8) is 0 Å². The van der Waals surface area contributed by atoms with Gasteiger partial charge >= 0.3 is 5.97 Å². The fourth-order valence-corrected chi connectivity index (χ4v) is 13.8. The molecule has 1 saturated carbocycles. The quantitative estimate of drug-likeness (QED) is 0.0318. The van der Waals surface area contributed by atoms with Crippen molar-refractivity contribution in [1.82, 2.24) is 19.6 Å². The molecule has 0 saturated heterocycles. The highest BCUT2D eigenvalue weighted by molar-refractivity contribution is 6.25. The summed E-state index contributed by atoms with van der Waals surface area (Å²) in [6, 6.07) is 7.58. The van der Waals surface area contributed by atoms with Crippen molar-refractivity contribution < 1.29 is 78.4 Å². The van der Waals surface area contributed by atoms with Gasteiger partial charge in [0.15, 0.2) is 40.7 Å². The number of aliphatic hydroxyl groups excluding tert-OH is 3. The van der Waals surface area contributed by atoms with Crippen molar-refractivity contribution in [3.8, 4) is 28.4 Å². The Labute approximate surface area is 483 Å². The van der Waals surface area contributed by atoms with Gasteiger partial charge in [-0.2, -0.15) is 0 Å². The summed E-state index contributed by atoms with van der Waals surface area (Å²) in [4.78, 5) is 104. The normalized spacial score (nSPS) is 27.0. The number of ketones is 4. The second-order valence-corrected chi connectivity index (χ2v) is 23.4. The number of allylic oxidation sites excluding steroid dienone is 1. The van der Waals surface area contributed by atoms with Crippen LogP contribution in [0.3, 0.4) is 0 Å². The fraction of sp³-hybridized carbons (Fsp3) is 0.417. The molecule has 446 valence electrons. The van der Waals surface area contributed by atoms with Crippen LogP contribution >= 0.6 is 0 Å². The average Bonchev–Trinajstić information content (AvgIpc) is 0.711. The summed E-state index contributed by atoms with van der Waals surface area (Å²) >= 11 is 0. The van der Waals surface area contributed by atoms with Crippen LogP contribution in [-0.4, -0.2) is 197 Å². The van der Waals surface area contributed by atoms with Gasteiger partial charge in [0.25, 0.3) is 11.8 Å². The second-order valence-electron chi connectivity index (χ2n) is 23.4. The highest BCUT2D eigenvalue weighted by atomic mass is 16.5. The molecule has 0 heterocycles. The predicted molar refractivity (Wildman–Crippen MR) is 303 cm³/mol. The Kier molecular flexibility index (Phi) is 15.6. The van der Waals surface area contributed by atoms with Gasteiger partial charge in [-0.25, -0.2) is 4.79 Å². The molecule has 9 atom stereocenters. The Hall–Kier alpha value is -8.23. The Morgan fingerprint density at radius 3 is 2.00 bits per heavy atom. The SMILES string of the molecule is COc1ccc(C(OC2=C3C(=O)c4c(O)ccc(/C=C/C(=O)OCCCN(C)C)c4C[C@H]3C[C@@]3(N)[C@H](N(C)C)C(=O)C(C(N)=O)=C(O)[C@@]23O)N(C)C)cc1-c1ccc(O)c2c1CC1CC3C(N(C)C)C(=O)C(C(N)=O)=C(O)[C@@]3(N)C(=O)C1=C2O. The van der Waals surface area contributed by atoms with Crippen LogP contribution in [0.25, 0.3) is 23.0 Å². The van der Waals surface area contributed by atoms with E-state index in [1.165, 1.54) is 61.4 Å². The Bertz CT molecular complexity index is 3560. The van der Waals surface area contributed by atoms with Crippen LogP contribution in [-0.2, 0) is 51.1 Å². The molecule has 24 nitrogen and oxygen atoms in total. The lowest BCUT2D eigenvalue weighted by Crippen LogP contribution is -2.78. The van der Waals surface area contributed by atoms with E-state index in [-0.39, 0.29) is 65.0 Å². The first-order chi connectivity index (χ1) is 39.4. The number of hydrogen-bond acceptors (Lipinski definition) is 22. The molecule has 0 radical (unpaired) electrons. The lowest BCUT2D eigenvalue weighted by molar-refractivity contribution is -0.148. The summed E-state index contributed by atoms with van der Waals surface area (Å²) in [7, 11) is 14.4. The van der Waals surface area contributed by atoms with E-state index in [9.17, 15) is 59.4 Å². The molecule has 4 unspecified atom stereocenters. The van der Waals surface area contributed by atoms with Gasteiger partial charge in [-0.05, 0) is 153 Å². The molecule has 1 fully saturated rings.